The molecule has 0 aliphatic rings. The van der Waals surface area contributed by atoms with Gasteiger partial charge in [-0.3, -0.25) is 20.0 Å². The molecule has 23 heavy (non-hydrogen) atoms. The lowest BCUT2D eigenvalue weighted by molar-refractivity contribution is -0.136. The summed E-state index contributed by atoms with van der Waals surface area (Å²) in [7, 11) is 0. The zero-order valence-electron chi connectivity index (χ0n) is 11.9. The molecular weight excluding hydrogens is 322 g/mol. The zero-order valence-corrected chi connectivity index (χ0v) is 12.7. The van der Waals surface area contributed by atoms with Crippen molar-refractivity contribution in [3.8, 4) is 0 Å². The summed E-state index contributed by atoms with van der Waals surface area (Å²) in [6.07, 6.45) is 2.87. The molecule has 0 fully saturated rings. The SMILES string of the molecule is N=C(N)N(Cl)c1cncc2cc(C(=O)NCCC(=O)O)ccc12. The van der Waals surface area contributed by atoms with Crippen LogP contribution >= 0.6 is 11.8 Å². The number of aromatic nitrogens is 1. The van der Waals surface area contributed by atoms with Gasteiger partial charge in [-0.05, 0) is 12.1 Å². The van der Waals surface area contributed by atoms with E-state index in [1.165, 1.54) is 6.20 Å². The fourth-order valence-electron chi connectivity index (χ4n) is 1.97. The van der Waals surface area contributed by atoms with Crippen LogP contribution in [0.5, 0.6) is 0 Å². The Morgan fingerprint density at radius 1 is 1.39 bits per heavy atom. The highest BCUT2D eigenvalue weighted by atomic mass is 35.5. The number of benzene rings is 1. The van der Waals surface area contributed by atoms with Crippen LogP contribution < -0.4 is 15.5 Å². The first-order chi connectivity index (χ1) is 10.9. The van der Waals surface area contributed by atoms with Gasteiger partial charge in [0.05, 0.1) is 18.3 Å². The summed E-state index contributed by atoms with van der Waals surface area (Å²) in [5, 5.41) is 19.8. The number of guanidine groups is 1. The highest BCUT2D eigenvalue weighted by Crippen LogP contribution is 2.27. The zero-order chi connectivity index (χ0) is 17.0. The fraction of sp³-hybridized carbons (Fsp3) is 0.143. The Hall–Kier alpha value is -2.87. The van der Waals surface area contributed by atoms with Crippen molar-refractivity contribution < 1.29 is 14.7 Å². The molecule has 0 aliphatic carbocycles. The van der Waals surface area contributed by atoms with Crippen LogP contribution in [0.1, 0.15) is 16.8 Å². The van der Waals surface area contributed by atoms with E-state index in [4.69, 9.17) is 28.0 Å². The van der Waals surface area contributed by atoms with Crippen LogP contribution in [0.2, 0.25) is 0 Å². The molecule has 5 N–H and O–H groups in total. The van der Waals surface area contributed by atoms with Gasteiger partial charge in [-0.25, -0.2) is 4.42 Å². The molecule has 0 unspecified atom stereocenters. The predicted molar refractivity (Wildman–Crippen MR) is 86.6 cm³/mol. The van der Waals surface area contributed by atoms with Crippen LogP contribution in [0.4, 0.5) is 5.69 Å². The molecule has 8 nitrogen and oxygen atoms in total. The van der Waals surface area contributed by atoms with Crippen LogP contribution in [0.15, 0.2) is 30.6 Å². The second kappa shape index (κ2) is 6.93. The largest absolute Gasteiger partial charge is 0.481 e. The van der Waals surface area contributed by atoms with Crippen LogP contribution in [0, 0.1) is 5.41 Å². The number of amides is 1. The number of fused-ring (bicyclic) bond motifs is 1. The second-order valence-electron chi connectivity index (χ2n) is 4.66. The number of hydrogen-bond donors (Lipinski definition) is 4. The number of nitrogens with zero attached hydrogens (tertiary/aromatic N) is 2. The number of rotatable bonds is 5. The van der Waals surface area contributed by atoms with Crippen LogP contribution in [0.3, 0.4) is 0 Å². The van der Waals surface area contributed by atoms with E-state index in [0.717, 1.165) is 4.42 Å². The molecule has 0 aliphatic heterocycles. The summed E-state index contributed by atoms with van der Waals surface area (Å²) >= 11 is 5.93. The molecule has 2 rings (SSSR count). The van der Waals surface area contributed by atoms with Crippen molar-refractivity contribution in [3.05, 3.63) is 36.2 Å². The minimum absolute atomic E-state index is 0.0459. The first-order valence-corrected chi connectivity index (χ1v) is 6.91. The number of carbonyl (C=O) groups is 2. The molecule has 0 radical (unpaired) electrons. The lowest BCUT2D eigenvalue weighted by Gasteiger charge is -2.15. The monoisotopic (exact) mass is 335 g/mol. The molecule has 1 aromatic carbocycles. The molecule has 0 atom stereocenters. The maximum absolute atomic E-state index is 12.0. The number of carbonyl (C=O) groups excluding carboxylic acids is 1. The number of hydrogen-bond acceptors (Lipinski definition) is 4. The lowest BCUT2D eigenvalue weighted by atomic mass is 10.1. The summed E-state index contributed by atoms with van der Waals surface area (Å²) in [5.41, 5.74) is 6.15. The third-order valence-corrected chi connectivity index (χ3v) is 3.41. The van der Waals surface area contributed by atoms with Crippen molar-refractivity contribution in [1.29, 1.82) is 5.41 Å². The highest BCUT2D eigenvalue weighted by Gasteiger charge is 2.13. The van der Waals surface area contributed by atoms with Crippen molar-refractivity contribution in [2.24, 2.45) is 5.73 Å². The fourth-order valence-corrected chi connectivity index (χ4v) is 2.11. The van der Waals surface area contributed by atoms with E-state index in [1.807, 2.05) is 0 Å². The summed E-state index contributed by atoms with van der Waals surface area (Å²) in [6.45, 7) is 0.0459. The quantitative estimate of drug-likeness (QED) is 0.370. The number of nitrogens with two attached hydrogens (primary N) is 1. The molecule has 0 saturated carbocycles. The summed E-state index contributed by atoms with van der Waals surface area (Å²) < 4.78 is 0.960. The molecule has 0 spiro atoms. The average molecular weight is 336 g/mol. The Balaban J connectivity index is 2.28. The maximum Gasteiger partial charge on any atom is 0.305 e. The molecule has 1 aromatic heterocycles. The Kier molecular flexibility index (Phi) is 4.97. The molecular formula is C14H14ClN5O3. The molecule has 9 heteroatoms. The maximum atomic E-state index is 12.0. The van der Waals surface area contributed by atoms with Crippen molar-refractivity contribution >= 4 is 46.1 Å². The van der Waals surface area contributed by atoms with E-state index in [9.17, 15) is 9.59 Å². The van der Waals surface area contributed by atoms with E-state index in [0.29, 0.717) is 22.0 Å². The third-order valence-electron chi connectivity index (χ3n) is 3.05. The van der Waals surface area contributed by atoms with Crippen molar-refractivity contribution in [3.63, 3.8) is 0 Å². The van der Waals surface area contributed by atoms with E-state index in [-0.39, 0.29) is 24.8 Å². The van der Waals surface area contributed by atoms with Gasteiger partial charge in [-0.1, -0.05) is 6.07 Å². The number of aliphatic carboxylic acids is 1. The summed E-state index contributed by atoms with van der Waals surface area (Å²) in [6, 6.07) is 4.84. The summed E-state index contributed by atoms with van der Waals surface area (Å²) in [4.78, 5) is 26.4. The Bertz CT molecular complexity index is 780. The molecule has 0 saturated heterocycles. The van der Waals surface area contributed by atoms with E-state index in [2.05, 4.69) is 10.3 Å². The first kappa shape index (κ1) is 16.5. The predicted octanol–water partition coefficient (Wildman–Crippen LogP) is 1.29. The Morgan fingerprint density at radius 3 is 2.78 bits per heavy atom. The van der Waals surface area contributed by atoms with E-state index in [1.54, 1.807) is 24.4 Å². The van der Waals surface area contributed by atoms with Gasteiger partial charge in [0.1, 0.15) is 0 Å². The van der Waals surface area contributed by atoms with Crippen LogP contribution in [-0.4, -0.2) is 34.5 Å². The molecule has 1 heterocycles. The third kappa shape index (κ3) is 3.86. The normalized spacial score (nSPS) is 10.3. The summed E-state index contributed by atoms with van der Waals surface area (Å²) in [5.74, 6) is -1.71. The van der Waals surface area contributed by atoms with Gasteiger partial charge in [0.15, 0.2) is 0 Å². The van der Waals surface area contributed by atoms with E-state index >= 15 is 0 Å². The minimum atomic E-state index is -0.982. The lowest BCUT2D eigenvalue weighted by Crippen LogP contribution is -2.28. The van der Waals surface area contributed by atoms with Gasteiger partial charge in [0, 0.05) is 40.9 Å². The second-order valence-corrected chi connectivity index (χ2v) is 5.00. The van der Waals surface area contributed by atoms with Crippen molar-refractivity contribution in [1.82, 2.24) is 10.3 Å². The number of pyridine rings is 1. The number of carboxylic acids is 1. The van der Waals surface area contributed by atoms with Gasteiger partial charge in [0.2, 0.25) is 5.96 Å². The van der Waals surface area contributed by atoms with E-state index < -0.39 is 5.97 Å². The number of anilines is 1. The highest BCUT2D eigenvalue weighted by molar-refractivity contribution is 6.38. The van der Waals surface area contributed by atoms with Gasteiger partial charge in [-0.2, -0.15) is 0 Å². The van der Waals surface area contributed by atoms with Crippen LogP contribution in [0.25, 0.3) is 10.8 Å². The molecule has 120 valence electrons. The Labute approximate surface area is 136 Å². The minimum Gasteiger partial charge on any atom is -0.481 e. The smallest absolute Gasteiger partial charge is 0.305 e. The number of halogens is 1. The van der Waals surface area contributed by atoms with Crippen molar-refractivity contribution in [2.75, 3.05) is 11.0 Å². The molecule has 2 aromatic rings. The Morgan fingerprint density at radius 2 is 2.13 bits per heavy atom. The average Bonchev–Trinajstić information content (AvgIpc) is 2.52. The van der Waals surface area contributed by atoms with Gasteiger partial charge in [0.25, 0.3) is 5.91 Å². The van der Waals surface area contributed by atoms with Gasteiger partial charge >= 0.3 is 5.97 Å². The van der Waals surface area contributed by atoms with Gasteiger partial charge in [-0.15, -0.1) is 0 Å². The number of carboxylic acid groups (broad SMARTS) is 1. The molecule has 1 amide bonds. The number of nitrogens with one attached hydrogen (secondary N) is 2. The van der Waals surface area contributed by atoms with Crippen LogP contribution in [-0.2, 0) is 4.79 Å². The topological polar surface area (TPSA) is 132 Å². The first-order valence-electron chi connectivity index (χ1n) is 6.58. The molecule has 0 bridgehead atoms. The van der Waals surface area contributed by atoms with Gasteiger partial charge < -0.3 is 16.2 Å². The van der Waals surface area contributed by atoms with Crippen molar-refractivity contribution in [2.45, 2.75) is 6.42 Å². The standard InChI is InChI=1S/C14H14ClN5O3/c15-20(14(16)17)11-7-18-6-9-5-8(1-2-10(9)11)13(23)19-4-3-12(21)22/h1-2,5-7H,3-4H2,(H3,16,17)(H,19,23)(H,21,22).